The number of hydrogen-bond acceptors (Lipinski definition) is 5. The summed E-state index contributed by atoms with van der Waals surface area (Å²) in [7, 11) is 0. The van der Waals surface area contributed by atoms with E-state index >= 15 is 0 Å². The number of esters is 1. The average Bonchev–Trinajstić information content (AvgIpc) is 2.69. The summed E-state index contributed by atoms with van der Waals surface area (Å²) in [6.07, 6.45) is 5.15. The number of carbonyl (C=O) groups excluding carboxylic acids is 2. The van der Waals surface area contributed by atoms with Gasteiger partial charge in [-0.15, -0.1) is 0 Å². The van der Waals surface area contributed by atoms with E-state index in [9.17, 15) is 19.7 Å². The van der Waals surface area contributed by atoms with E-state index in [-0.39, 0.29) is 23.3 Å². The molecular formula is C20H20N2O5. The third kappa shape index (κ3) is 4.91. The Bertz CT molecular complexity index is 842. The van der Waals surface area contributed by atoms with Crippen LogP contribution >= 0.6 is 0 Å². The molecule has 2 aromatic carbocycles. The molecule has 7 heteroatoms. The smallest absolute Gasteiger partial charge is 0.338 e. The summed E-state index contributed by atoms with van der Waals surface area (Å²) in [5.41, 5.74) is 0.947. The van der Waals surface area contributed by atoms with Crippen LogP contribution < -0.4 is 5.32 Å². The highest BCUT2D eigenvalue weighted by atomic mass is 16.6. The normalized spacial score (nSPS) is 14.4. The number of ether oxygens (including phenoxy) is 1. The van der Waals surface area contributed by atoms with Gasteiger partial charge in [-0.05, 0) is 56.0 Å². The van der Waals surface area contributed by atoms with E-state index in [0.717, 1.165) is 25.7 Å². The second-order valence-corrected chi connectivity index (χ2v) is 6.50. The molecule has 1 aliphatic rings. The summed E-state index contributed by atoms with van der Waals surface area (Å²) < 4.78 is 5.51. The number of benzene rings is 2. The van der Waals surface area contributed by atoms with Gasteiger partial charge in [0.2, 0.25) is 0 Å². The maximum Gasteiger partial charge on any atom is 0.338 e. The average molecular weight is 368 g/mol. The highest BCUT2D eigenvalue weighted by Gasteiger charge is 2.19. The van der Waals surface area contributed by atoms with Crippen molar-refractivity contribution in [2.24, 2.45) is 0 Å². The molecule has 27 heavy (non-hydrogen) atoms. The fourth-order valence-electron chi connectivity index (χ4n) is 3.06. The molecule has 0 atom stereocenters. The molecule has 1 saturated carbocycles. The number of nitrogens with zero attached hydrogens (tertiary/aromatic N) is 1. The summed E-state index contributed by atoms with van der Waals surface area (Å²) in [5.74, 6) is -0.824. The first-order valence-electron chi connectivity index (χ1n) is 8.90. The standard InChI is InChI=1S/C20H20N2O5/c23-19(15-5-4-6-17(13-15)22(25)26)21-16-11-9-14(10-12-16)20(24)27-18-7-2-1-3-8-18/h4-6,9-13,18H,1-3,7-8H2,(H,21,23). The molecule has 0 aliphatic heterocycles. The van der Waals surface area contributed by atoms with Crippen LogP contribution in [0.2, 0.25) is 0 Å². The first kappa shape index (κ1) is 18.6. The van der Waals surface area contributed by atoms with Gasteiger partial charge in [0.1, 0.15) is 6.10 Å². The van der Waals surface area contributed by atoms with Crippen molar-refractivity contribution >= 4 is 23.3 Å². The van der Waals surface area contributed by atoms with Gasteiger partial charge in [0.05, 0.1) is 10.5 Å². The molecule has 2 aromatic rings. The molecule has 140 valence electrons. The fourth-order valence-corrected chi connectivity index (χ4v) is 3.06. The van der Waals surface area contributed by atoms with Crippen molar-refractivity contribution in [1.82, 2.24) is 0 Å². The van der Waals surface area contributed by atoms with Gasteiger partial charge in [-0.3, -0.25) is 14.9 Å². The van der Waals surface area contributed by atoms with Crippen LogP contribution in [0.4, 0.5) is 11.4 Å². The van der Waals surface area contributed by atoms with E-state index in [2.05, 4.69) is 5.32 Å². The van der Waals surface area contributed by atoms with Crippen molar-refractivity contribution in [3.8, 4) is 0 Å². The Morgan fingerprint density at radius 3 is 2.37 bits per heavy atom. The third-order valence-electron chi connectivity index (χ3n) is 4.52. The lowest BCUT2D eigenvalue weighted by Crippen LogP contribution is -2.21. The van der Waals surface area contributed by atoms with Crippen molar-refractivity contribution in [3.63, 3.8) is 0 Å². The van der Waals surface area contributed by atoms with Crippen LogP contribution in [-0.2, 0) is 4.74 Å². The second-order valence-electron chi connectivity index (χ2n) is 6.50. The number of nitro groups is 1. The minimum atomic E-state index is -0.552. The zero-order chi connectivity index (χ0) is 19.2. The van der Waals surface area contributed by atoms with Crippen molar-refractivity contribution < 1.29 is 19.2 Å². The molecule has 0 bridgehead atoms. The van der Waals surface area contributed by atoms with Gasteiger partial charge in [0, 0.05) is 23.4 Å². The number of amides is 1. The number of carbonyl (C=O) groups is 2. The van der Waals surface area contributed by atoms with E-state index in [1.54, 1.807) is 24.3 Å². The Balaban J connectivity index is 1.61. The Kier molecular flexibility index (Phi) is 5.80. The SMILES string of the molecule is O=C(Nc1ccc(C(=O)OC2CCCCC2)cc1)c1cccc([N+](=O)[O-])c1. The molecule has 1 aliphatic carbocycles. The molecule has 1 amide bonds. The van der Waals surface area contributed by atoms with Crippen molar-refractivity contribution in [2.75, 3.05) is 5.32 Å². The Labute approximate surface area is 156 Å². The molecule has 1 fully saturated rings. The number of hydrogen-bond donors (Lipinski definition) is 1. The fraction of sp³-hybridized carbons (Fsp3) is 0.300. The molecule has 3 rings (SSSR count). The predicted molar refractivity (Wildman–Crippen MR) is 99.8 cm³/mol. The van der Waals surface area contributed by atoms with Gasteiger partial charge in [-0.2, -0.15) is 0 Å². The molecule has 0 unspecified atom stereocenters. The molecule has 0 radical (unpaired) electrons. The van der Waals surface area contributed by atoms with Crippen molar-refractivity contribution in [3.05, 3.63) is 69.8 Å². The quantitative estimate of drug-likeness (QED) is 0.481. The monoisotopic (exact) mass is 368 g/mol. The Hall–Kier alpha value is -3.22. The second kappa shape index (κ2) is 8.44. The topological polar surface area (TPSA) is 98.5 Å². The van der Waals surface area contributed by atoms with E-state index in [0.29, 0.717) is 11.3 Å². The summed E-state index contributed by atoms with van der Waals surface area (Å²) in [6.45, 7) is 0. The molecular weight excluding hydrogens is 348 g/mol. The van der Waals surface area contributed by atoms with Crippen LogP contribution in [0.15, 0.2) is 48.5 Å². The summed E-state index contributed by atoms with van der Waals surface area (Å²) in [6, 6.07) is 11.9. The number of nitrogens with one attached hydrogen (secondary N) is 1. The van der Waals surface area contributed by atoms with Gasteiger partial charge in [-0.25, -0.2) is 4.79 Å². The first-order valence-corrected chi connectivity index (χ1v) is 8.90. The van der Waals surface area contributed by atoms with Crippen LogP contribution in [0.25, 0.3) is 0 Å². The van der Waals surface area contributed by atoms with Gasteiger partial charge in [0.15, 0.2) is 0 Å². The minimum absolute atomic E-state index is 0.0144. The maximum atomic E-state index is 12.2. The number of non-ortho nitro benzene ring substituents is 1. The van der Waals surface area contributed by atoms with Gasteiger partial charge in [0.25, 0.3) is 11.6 Å². The highest BCUT2D eigenvalue weighted by molar-refractivity contribution is 6.04. The van der Waals surface area contributed by atoms with Crippen LogP contribution in [0, 0.1) is 10.1 Å². The van der Waals surface area contributed by atoms with Gasteiger partial charge >= 0.3 is 5.97 Å². The summed E-state index contributed by atoms with van der Waals surface area (Å²) in [4.78, 5) is 34.7. The Morgan fingerprint density at radius 2 is 1.70 bits per heavy atom. The zero-order valence-corrected chi connectivity index (χ0v) is 14.7. The molecule has 0 heterocycles. The van der Waals surface area contributed by atoms with Crippen molar-refractivity contribution in [2.45, 2.75) is 38.2 Å². The van der Waals surface area contributed by atoms with E-state index in [1.807, 2.05) is 0 Å². The minimum Gasteiger partial charge on any atom is -0.459 e. The predicted octanol–water partition coefficient (Wildman–Crippen LogP) is 4.34. The molecule has 0 saturated heterocycles. The lowest BCUT2D eigenvalue weighted by molar-refractivity contribution is -0.384. The Morgan fingerprint density at radius 1 is 1.00 bits per heavy atom. The summed E-state index contributed by atoms with van der Waals surface area (Å²) >= 11 is 0. The number of nitro benzene ring substituents is 1. The maximum absolute atomic E-state index is 12.2. The van der Waals surface area contributed by atoms with Crippen LogP contribution in [0.5, 0.6) is 0 Å². The van der Waals surface area contributed by atoms with E-state index in [4.69, 9.17) is 4.74 Å². The van der Waals surface area contributed by atoms with Crippen LogP contribution in [-0.4, -0.2) is 22.9 Å². The van der Waals surface area contributed by atoms with Crippen LogP contribution in [0.1, 0.15) is 52.8 Å². The van der Waals surface area contributed by atoms with Gasteiger partial charge in [-0.1, -0.05) is 12.5 Å². The van der Waals surface area contributed by atoms with Crippen molar-refractivity contribution in [1.29, 1.82) is 0 Å². The lowest BCUT2D eigenvalue weighted by atomic mass is 9.98. The van der Waals surface area contributed by atoms with E-state index in [1.165, 1.54) is 30.7 Å². The molecule has 0 aromatic heterocycles. The number of anilines is 1. The highest BCUT2D eigenvalue weighted by Crippen LogP contribution is 2.22. The van der Waals surface area contributed by atoms with E-state index < -0.39 is 10.8 Å². The zero-order valence-electron chi connectivity index (χ0n) is 14.7. The molecule has 1 N–H and O–H groups in total. The molecule has 7 nitrogen and oxygen atoms in total. The summed E-state index contributed by atoms with van der Waals surface area (Å²) in [5, 5.41) is 13.5. The molecule has 0 spiro atoms. The van der Waals surface area contributed by atoms with Gasteiger partial charge < -0.3 is 10.1 Å². The first-order chi connectivity index (χ1) is 13.0. The largest absolute Gasteiger partial charge is 0.459 e. The third-order valence-corrected chi connectivity index (χ3v) is 4.52. The lowest BCUT2D eigenvalue weighted by Gasteiger charge is -2.21. The number of rotatable bonds is 5. The van der Waals surface area contributed by atoms with Crippen LogP contribution in [0.3, 0.4) is 0 Å².